The fourth-order valence-electron chi connectivity index (χ4n) is 3.36. The van der Waals surface area contributed by atoms with Crippen molar-refractivity contribution in [1.82, 2.24) is 20.2 Å². The summed E-state index contributed by atoms with van der Waals surface area (Å²) in [5, 5.41) is 3.08. The minimum absolute atomic E-state index is 0.00477. The minimum atomic E-state index is -0.392. The highest BCUT2D eigenvalue weighted by atomic mass is 16.2. The number of nitrogens with one attached hydrogen (secondary N) is 2. The summed E-state index contributed by atoms with van der Waals surface area (Å²) in [5.74, 6) is 0.230. The van der Waals surface area contributed by atoms with E-state index >= 15 is 0 Å². The number of para-hydroxylation sites is 2. The maximum absolute atomic E-state index is 12.8. The summed E-state index contributed by atoms with van der Waals surface area (Å²) in [5.41, 5.74) is 2.72. The van der Waals surface area contributed by atoms with E-state index in [1.807, 2.05) is 54.6 Å². The zero-order valence-electron chi connectivity index (χ0n) is 14.5. The molecule has 4 rings (SSSR count). The molecule has 3 aromatic rings. The fourth-order valence-corrected chi connectivity index (χ4v) is 3.36. The average Bonchev–Trinajstić information content (AvgIpc) is 3.23. The summed E-state index contributed by atoms with van der Waals surface area (Å²) in [7, 11) is 1.73. The van der Waals surface area contributed by atoms with Gasteiger partial charge in [-0.2, -0.15) is 0 Å². The van der Waals surface area contributed by atoms with E-state index in [-0.39, 0.29) is 24.2 Å². The normalized spacial score (nSPS) is 18.3. The van der Waals surface area contributed by atoms with Crippen molar-refractivity contribution in [3.8, 4) is 0 Å². The van der Waals surface area contributed by atoms with Gasteiger partial charge in [0, 0.05) is 20.0 Å². The van der Waals surface area contributed by atoms with E-state index in [2.05, 4.69) is 15.3 Å². The number of amides is 2. The van der Waals surface area contributed by atoms with Crippen molar-refractivity contribution in [3.05, 3.63) is 66.0 Å². The number of carbonyl (C=O) groups excluding carboxylic acids is 2. The Bertz CT molecular complexity index is 918. The van der Waals surface area contributed by atoms with Crippen LogP contribution >= 0.6 is 0 Å². The lowest BCUT2D eigenvalue weighted by molar-refractivity contribution is -0.128. The summed E-state index contributed by atoms with van der Waals surface area (Å²) in [6.45, 7) is 0.451. The largest absolute Gasteiger partial charge is 0.345 e. The maximum Gasteiger partial charge on any atom is 0.226 e. The summed E-state index contributed by atoms with van der Waals surface area (Å²) < 4.78 is 0. The molecule has 2 aromatic carbocycles. The molecule has 2 N–H and O–H groups in total. The third-order valence-corrected chi connectivity index (χ3v) is 4.81. The van der Waals surface area contributed by atoms with Gasteiger partial charge in [0.2, 0.25) is 11.8 Å². The topological polar surface area (TPSA) is 78.1 Å². The van der Waals surface area contributed by atoms with Gasteiger partial charge in [-0.05, 0) is 17.7 Å². The van der Waals surface area contributed by atoms with Crippen LogP contribution in [0.3, 0.4) is 0 Å². The van der Waals surface area contributed by atoms with Gasteiger partial charge in [-0.25, -0.2) is 4.98 Å². The molecule has 0 bridgehead atoms. The molecule has 132 valence electrons. The zero-order chi connectivity index (χ0) is 18.1. The second-order valence-corrected chi connectivity index (χ2v) is 6.67. The molecule has 0 unspecified atom stereocenters. The van der Waals surface area contributed by atoms with E-state index in [1.54, 1.807) is 11.9 Å². The molecule has 26 heavy (non-hydrogen) atoms. The molecule has 2 atom stereocenters. The molecule has 0 saturated carbocycles. The second kappa shape index (κ2) is 6.63. The molecule has 0 aliphatic carbocycles. The van der Waals surface area contributed by atoms with Crippen LogP contribution in [0.15, 0.2) is 54.6 Å². The number of imidazole rings is 1. The number of rotatable bonds is 4. The second-order valence-electron chi connectivity index (χ2n) is 6.67. The molecule has 1 saturated heterocycles. The highest BCUT2D eigenvalue weighted by molar-refractivity contribution is 5.89. The first kappa shape index (κ1) is 16.3. The zero-order valence-corrected chi connectivity index (χ0v) is 14.5. The predicted octanol–water partition coefficient (Wildman–Crippen LogP) is 2.25. The molecule has 6 heteroatoms. The molecule has 1 fully saturated rings. The van der Waals surface area contributed by atoms with Gasteiger partial charge in [0.25, 0.3) is 0 Å². The monoisotopic (exact) mass is 348 g/mol. The Balaban J connectivity index is 1.65. The van der Waals surface area contributed by atoms with E-state index in [0.29, 0.717) is 12.4 Å². The van der Waals surface area contributed by atoms with Crippen molar-refractivity contribution < 1.29 is 9.59 Å². The van der Waals surface area contributed by atoms with Crippen LogP contribution in [0.1, 0.15) is 23.9 Å². The molecule has 2 amide bonds. The third kappa shape index (κ3) is 3.06. The Morgan fingerprint density at radius 2 is 1.92 bits per heavy atom. The highest BCUT2D eigenvalue weighted by Gasteiger charge is 2.33. The van der Waals surface area contributed by atoms with E-state index in [1.165, 1.54) is 0 Å². The lowest BCUT2D eigenvalue weighted by atomic mass is 10.0. The van der Waals surface area contributed by atoms with Crippen LogP contribution in [0, 0.1) is 5.92 Å². The van der Waals surface area contributed by atoms with Crippen molar-refractivity contribution in [1.29, 1.82) is 0 Å². The molecule has 1 aliphatic heterocycles. The van der Waals surface area contributed by atoms with Gasteiger partial charge in [0.1, 0.15) is 11.9 Å². The average molecular weight is 348 g/mol. The lowest BCUT2D eigenvalue weighted by Gasteiger charge is -2.19. The Hall–Kier alpha value is -3.15. The standard InChI is InChI=1S/C20H20N4O2/c1-24-12-14(11-17(24)25)20(26)23-18(13-7-3-2-4-8-13)19-21-15-9-5-6-10-16(15)22-19/h2-10,14,18H,11-12H2,1H3,(H,21,22)(H,23,26)/t14-,18+/m0/s1. The van der Waals surface area contributed by atoms with Crippen molar-refractivity contribution in [2.45, 2.75) is 12.5 Å². The Morgan fingerprint density at radius 3 is 2.62 bits per heavy atom. The maximum atomic E-state index is 12.8. The Kier molecular flexibility index (Phi) is 4.16. The molecular weight excluding hydrogens is 328 g/mol. The summed E-state index contributed by atoms with van der Waals surface area (Å²) in [4.78, 5) is 34.1. The quantitative estimate of drug-likeness (QED) is 0.759. The van der Waals surface area contributed by atoms with Crippen molar-refractivity contribution in [2.24, 2.45) is 5.92 Å². The van der Waals surface area contributed by atoms with Crippen molar-refractivity contribution in [3.63, 3.8) is 0 Å². The van der Waals surface area contributed by atoms with Gasteiger partial charge in [0.05, 0.1) is 17.0 Å². The Morgan fingerprint density at radius 1 is 1.19 bits per heavy atom. The third-order valence-electron chi connectivity index (χ3n) is 4.81. The van der Waals surface area contributed by atoms with Crippen LogP contribution in [-0.2, 0) is 9.59 Å². The predicted molar refractivity (Wildman–Crippen MR) is 98.3 cm³/mol. The molecule has 0 spiro atoms. The van der Waals surface area contributed by atoms with Gasteiger partial charge < -0.3 is 15.2 Å². The fraction of sp³-hybridized carbons (Fsp3) is 0.250. The number of hydrogen-bond donors (Lipinski definition) is 2. The van der Waals surface area contributed by atoms with Crippen LogP contribution in [0.25, 0.3) is 11.0 Å². The van der Waals surface area contributed by atoms with Gasteiger partial charge in [-0.3, -0.25) is 9.59 Å². The Labute approximate surface area is 151 Å². The highest BCUT2D eigenvalue weighted by Crippen LogP contribution is 2.24. The number of likely N-dealkylation sites (tertiary alicyclic amines) is 1. The van der Waals surface area contributed by atoms with Crippen LogP contribution in [-0.4, -0.2) is 40.3 Å². The smallest absolute Gasteiger partial charge is 0.226 e. The summed E-state index contributed by atoms with van der Waals surface area (Å²) in [6.07, 6.45) is 0.254. The minimum Gasteiger partial charge on any atom is -0.345 e. The van der Waals surface area contributed by atoms with Gasteiger partial charge in [-0.15, -0.1) is 0 Å². The molecular formula is C20H20N4O2. The van der Waals surface area contributed by atoms with Crippen LogP contribution < -0.4 is 5.32 Å². The number of benzene rings is 2. The number of nitrogens with zero attached hydrogens (tertiary/aromatic N) is 2. The van der Waals surface area contributed by atoms with Crippen LogP contribution in [0.2, 0.25) is 0 Å². The SMILES string of the molecule is CN1C[C@@H](C(=O)N[C@H](c2ccccc2)c2nc3ccccc3[nH]2)CC1=O. The van der Waals surface area contributed by atoms with Gasteiger partial charge >= 0.3 is 0 Å². The van der Waals surface area contributed by atoms with Crippen LogP contribution in [0.4, 0.5) is 0 Å². The molecule has 1 aromatic heterocycles. The van der Waals surface area contributed by atoms with Gasteiger partial charge in [0.15, 0.2) is 0 Å². The van der Waals surface area contributed by atoms with E-state index in [9.17, 15) is 9.59 Å². The number of aromatic amines is 1. The van der Waals surface area contributed by atoms with E-state index < -0.39 is 6.04 Å². The molecule has 2 heterocycles. The molecule has 6 nitrogen and oxygen atoms in total. The first-order chi connectivity index (χ1) is 12.6. The first-order valence-corrected chi connectivity index (χ1v) is 8.66. The number of H-pyrrole nitrogens is 1. The number of fused-ring (bicyclic) bond motifs is 1. The van der Waals surface area contributed by atoms with Crippen molar-refractivity contribution >= 4 is 22.8 Å². The first-order valence-electron chi connectivity index (χ1n) is 8.66. The number of hydrogen-bond acceptors (Lipinski definition) is 3. The number of carbonyl (C=O) groups is 2. The molecule has 0 radical (unpaired) electrons. The lowest BCUT2D eigenvalue weighted by Crippen LogP contribution is -2.36. The van der Waals surface area contributed by atoms with Crippen molar-refractivity contribution in [2.75, 3.05) is 13.6 Å². The molecule has 1 aliphatic rings. The van der Waals surface area contributed by atoms with E-state index in [4.69, 9.17) is 0 Å². The van der Waals surface area contributed by atoms with Gasteiger partial charge in [-0.1, -0.05) is 42.5 Å². The summed E-state index contributed by atoms with van der Waals surface area (Å²) in [6, 6.07) is 17.1. The summed E-state index contributed by atoms with van der Waals surface area (Å²) >= 11 is 0. The van der Waals surface area contributed by atoms with E-state index in [0.717, 1.165) is 16.6 Å². The van der Waals surface area contributed by atoms with Crippen LogP contribution in [0.5, 0.6) is 0 Å². The number of aromatic nitrogens is 2.